The number of nitrogens with one attached hydrogen (secondary N) is 1. The van der Waals surface area contributed by atoms with Crippen molar-refractivity contribution in [2.45, 2.75) is 19.3 Å². The third kappa shape index (κ3) is 4.92. The summed E-state index contributed by atoms with van der Waals surface area (Å²) in [5.41, 5.74) is 5.50. The van der Waals surface area contributed by atoms with Crippen LogP contribution in [0.25, 0.3) is 0 Å². The molecule has 0 saturated heterocycles. The monoisotopic (exact) mass is 234 g/mol. The van der Waals surface area contributed by atoms with Gasteiger partial charge in [-0.1, -0.05) is 18.2 Å². The number of amides is 2. The van der Waals surface area contributed by atoms with E-state index in [2.05, 4.69) is 5.32 Å². The maximum absolute atomic E-state index is 11.4. The van der Waals surface area contributed by atoms with Crippen molar-refractivity contribution in [3.05, 3.63) is 30.3 Å². The van der Waals surface area contributed by atoms with Crippen molar-refractivity contribution < 1.29 is 14.4 Å². The first-order valence-electron chi connectivity index (χ1n) is 5.27. The highest BCUT2D eigenvalue weighted by Crippen LogP contribution is 2.05. The standard InChI is InChI=1S/C12H14N2O3/c13-11(16)8-4-7-10(15)12(17)14-9-5-2-1-3-6-9/h1-3,5-6H,4,7-8H2,(H2,13,16)(H,14,17). The van der Waals surface area contributed by atoms with E-state index in [0.29, 0.717) is 12.1 Å². The van der Waals surface area contributed by atoms with Crippen LogP contribution in [-0.2, 0) is 14.4 Å². The molecule has 0 heterocycles. The Balaban J connectivity index is 2.37. The van der Waals surface area contributed by atoms with Crippen molar-refractivity contribution in [3.63, 3.8) is 0 Å². The van der Waals surface area contributed by atoms with E-state index in [0.717, 1.165) is 0 Å². The van der Waals surface area contributed by atoms with Crippen LogP contribution in [0.1, 0.15) is 19.3 Å². The van der Waals surface area contributed by atoms with Crippen molar-refractivity contribution in [1.29, 1.82) is 0 Å². The van der Waals surface area contributed by atoms with Gasteiger partial charge in [0.05, 0.1) is 0 Å². The molecule has 17 heavy (non-hydrogen) atoms. The highest BCUT2D eigenvalue weighted by molar-refractivity contribution is 6.40. The SMILES string of the molecule is NC(=O)CCCC(=O)C(=O)Nc1ccccc1. The predicted molar refractivity (Wildman–Crippen MR) is 63.1 cm³/mol. The van der Waals surface area contributed by atoms with Crippen LogP contribution < -0.4 is 11.1 Å². The molecule has 5 heteroatoms. The molecule has 0 aliphatic carbocycles. The lowest BCUT2D eigenvalue weighted by Crippen LogP contribution is -2.23. The Kier molecular flexibility index (Phi) is 4.87. The molecule has 5 nitrogen and oxygen atoms in total. The van der Waals surface area contributed by atoms with Gasteiger partial charge in [-0.15, -0.1) is 0 Å². The molecule has 1 aromatic carbocycles. The van der Waals surface area contributed by atoms with Gasteiger partial charge in [0.2, 0.25) is 11.7 Å². The van der Waals surface area contributed by atoms with Gasteiger partial charge in [0, 0.05) is 18.5 Å². The first-order valence-corrected chi connectivity index (χ1v) is 5.27. The zero-order chi connectivity index (χ0) is 12.7. The lowest BCUT2D eigenvalue weighted by Gasteiger charge is -2.03. The van der Waals surface area contributed by atoms with Crippen LogP contribution >= 0.6 is 0 Å². The average Bonchev–Trinajstić information content (AvgIpc) is 2.29. The van der Waals surface area contributed by atoms with Gasteiger partial charge in [-0.3, -0.25) is 14.4 Å². The summed E-state index contributed by atoms with van der Waals surface area (Å²) >= 11 is 0. The smallest absolute Gasteiger partial charge is 0.291 e. The number of primary amides is 1. The minimum absolute atomic E-state index is 0.0294. The number of benzene rings is 1. The molecule has 1 aromatic rings. The normalized spacial score (nSPS) is 9.65. The molecule has 0 aliphatic heterocycles. The van der Waals surface area contributed by atoms with Gasteiger partial charge in [-0.05, 0) is 18.6 Å². The van der Waals surface area contributed by atoms with Crippen molar-refractivity contribution in [1.82, 2.24) is 0 Å². The molecule has 0 spiro atoms. The highest BCUT2D eigenvalue weighted by Gasteiger charge is 2.13. The molecule has 0 fully saturated rings. The van der Waals surface area contributed by atoms with E-state index >= 15 is 0 Å². The number of para-hydroxylation sites is 1. The third-order valence-electron chi connectivity index (χ3n) is 2.11. The zero-order valence-corrected chi connectivity index (χ0v) is 9.31. The molecule has 0 unspecified atom stereocenters. The fraction of sp³-hybridized carbons (Fsp3) is 0.250. The van der Waals surface area contributed by atoms with Crippen LogP contribution in [0.5, 0.6) is 0 Å². The van der Waals surface area contributed by atoms with Crippen LogP contribution in [0.2, 0.25) is 0 Å². The number of anilines is 1. The Morgan fingerprint density at radius 2 is 1.71 bits per heavy atom. The van der Waals surface area contributed by atoms with E-state index in [1.165, 1.54) is 0 Å². The van der Waals surface area contributed by atoms with Crippen LogP contribution in [0.4, 0.5) is 5.69 Å². The summed E-state index contributed by atoms with van der Waals surface area (Å²) in [6, 6.07) is 8.70. The summed E-state index contributed by atoms with van der Waals surface area (Å²) in [5, 5.41) is 2.48. The van der Waals surface area contributed by atoms with Crippen molar-refractivity contribution in [2.24, 2.45) is 5.73 Å². The Morgan fingerprint density at radius 3 is 2.29 bits per heavy atom. The van der Waals surface area contributed by atoms with E-state index in [4.69, 9.17) is 5.73 Å². The molecule has 0 aliphatic rings. The summed E-state index contributed by atoms with van der Waals surface area (Å²) < 4.78 is 0. The largest absolute Gasteiger partial charge is 0.370 e. The summed E-state index contributed by atoms with van der Waals surface area (Å²) in [5.74, 6) is -1.68. The molecule has 0 aromatic heterocycles. The van der Waals surface area contributed by atoms with Crippen LogP contribution in [-0.4, -0.2) is 17.6 Å². The van der Waals surface area contributed by atoms with Crippen molar-refractivity contribution in [3.8, 4) is 0 Å². The first kappa shape index (κ1) is 12.9. The van der Waals surface area contributed by atoms with Gasteiger partial charge in [-0.2, -0.15) is 0 Å². The maximum Gasteiger partial charge on any atom is 0.291 e. The molecule has 90 valence electrons. The second-order valence-corrected chi connectivity index (χ2v) is 3.56. The predicted octanol–water partition coefficient (Wildman–Crippen LogP) is 0.850. The van der Waals surface area contributed by atoms with Gasteiger partial charge < -0.3 is 11.1 Å². The summed E-state index contributed by atoms with van der Waals surface area (Å²) in [6.45, 7) is 0. The molecular formula is C12H14N2O3. The minimum Gasteiger partial charge on any atom is -0.370 e. The zero-order valence-electron chi connectivity index (χ0n) is 9.31. The fourth-order valence-corrected chi connectivity index (χ4v) is 1.26. The van der Waals surface area contributed by atoms with Gasteiger partial charge in [0.1, 0.15) is 0 Å². The molecule has 0 bridgehead atoms. The summed E-state index contributed by atoms with van der Waals surface area (Å²) in [7, 11) is 0. The Labute approximate surface area is 99.0 Å². The van der Waals surface area contributed by atoms with Crippen molar-refractivity contribution >= 4 is 23.3 Å². The lowest BCUT2D eigenvalue weighted by molar-refractivity contribution is -0.135. The molecule has 0 saturated carbocycles. The molecule has 0 radical (unpaired) electrons. The van der Waals surface area contributed by atoms with E-state index in [9.17, 15) is 14.4 Å². The molecule has 0 atom stereocenters. The van der Waals surface area contributed by atoms with E-state index in [1.54, 1.807) is 24.3 Å². The van der Waals surface area contributed by atoms with E-state index in [-0.39, 0.29) is 12.8 Å². The lowest BCUT2D eigenvalue weighted by atomic mass is 10.1. The second kappa shape index (κ2) is 6.42. The van der Waals surface area contributed by atoms with Crippen molar-refractivity contribution in [2.75, 3.05) is 5.32 Å². The Bertz CT molecular complexity index is 415. The molecule has 1 rings (SSSR count). The number of carbonyl (C=O) groups is 3. The molecule has 2 amide bonds. The van der Waals surface area contributed by atoms with E-state index < -0.39 is 17.6 Å². The number of Topliss-reactive ketones (excluding diaryl/α,β-unsaturated/α-hetero) is 1. The second-order valence-electron chi connectivity index (χ2n) is 3.56. The van der Waals surface area contributed by atoms with Crippen LogP contribution in [0.15, 0.2) is 30.3 Å². The minimum atomic E-state index is -0.666. The maximum atomic E-state index is 11.4. The quantitative estimate of drug-likeness (QED) is 0.715. The molecule has 3 N–H and O–H groups in total. The molecular weight excluding hydrogens is 220 g/mol. The average molecular weight is 234 g/mol. The highest BCUT2D eigenvalue weighted by atomic mass is 16.2. The number of carbonyl (C=O) groups excluding carboxylic acids is 3. The van der Waals surface area contributed by atoms with Gasteiger partial charge in [0.25, 0.3) is 5.91 Å². The number of hydrogen-bond acceptors (Lipinski definition) is 3. The first-order chi connectivity index (χ1) is 8.09. The van der Waals surface area contributed by atoms with E-state index in [1.807, 2.05) is 6.07 Å². The van der Waals surface area contributed by atoms with Gasteiger partial charge in [0.15, 0.2) is 0 Å². The number of rotatable bonds is 6. The number of ketones is 1. The van der Waals surface area contributed by atoms with Gasteiger partial charge in [-0.25, -0.2) is 0 Å². The third-order valence-corrected chi connectivity index (χ3v) is 2.11. The number of hydrogen-bond donors (Lipinski definition) is 2. The summed E-state index contributed by atoms with van der Waals surface area (Å²) in [6.07, 6.45) is 0.447. The topological polar surface area (TPSA) is 89.3 Å². The fourth-order valence-electron chi connectivity index (χ4n) is 1.26. The Hall–Kier alpha value is -2.17. The Morgan fingerprint density at radius 1 is 1.06 bits per heavy atom. The summed E-state index contributed by atoms with van der Waals surface area (Å²) in [4.78, 5) is 33.2. The number of nitrogens with two attached hydrogens (primary N) is 1. The van der Waals surface area contributed by atoms with Crippen LogP contribution in [0, 0.1) is 0 Å². The van der Waals surface area contributed by atoms with Crippen LogP contribution in [0.3, 0.4) is 0 Å². The van der Waals surface area contributed by atoms with Gasteiger partial charge >= 0.3 is 0 Å².